The number of nitrogens with zero attached hydrogens (tertiary/aromatic N) is 1. The number of rotatable bonds is 9. The van der Waals surface area contributed by atoms with E-state index >= 15 is 0 Å². The number of carbonyl (C=O) groups excluding carboxylic acids is 2. The largest absolute Gasteiger partial charge is 0.508 e. The first-order valence-corrected chi connectivity index (χ1v) is 13.4. The predicted molar refractivity (Wildman–Crippen MR) is 150 cm³/mol. The van der Waals surface area contributed by atoms with Crippen LogP contribution in [0.2, 0.25) is 5.02 Å². The third-order valence-corrected chi connectivity index (χ3v) is 8.17. The van der Waals surface area contributed by atoms with Gasteiger partial charge in [-0.3, -0.25) is 14.5 Å². The molecule has 8 nitrogen and oxygen atoms in total. The van der Waals surface area contributed by atoms with E-state index in [1.807, 2.05) is 19.9 Å². The highest BCUT2D eigenvalue weighted by Crippen LogP contribution is 2.47. The van der Waals surface area contributed by atoms with Crippen molar-refractivity contribution in [2.24, 2.45) is 17.8 Å². The van der Waals surface area contributed by atoms with Gasteiger partial charge in [0, 0.05) is 5.92 Å². The Balaban J connectivity index is 1.55. The van der Waals surface area contributed by atoms with Crippen molar-refractivity contribution in [2.45, 2.75) is 45.6 Å². The van der Waals surface area contributed by atoms with E-state index in [0.717, 1.165) is 28.0 Å². The number of phenolic OH excluding ortho intramolecular Hbond substituents is 1. The van der Waals surface area contributed by atoms with Gasteiger partial charge in [-0.05, 0) is 79.5 Å². The molecular formula is C29H33BClNO7. The van der Waals surface area contributed by atoms with E-state index in [2.05, 4.69) is 0 Å². The summed E-state index contributed by atoms with van der Waals surface area (Å²) in [6.45, 7) is 3.43. The number of anilines is 1. The third-order valence-electron chi connectivity index (χ3n) is 7.85. The van der Waals surface area contributed by atoms with Crippen LogP contribution in [-0.4, -0.2) is 57.0 Å². The molecule has 0 radical (unpaired) electrons. The minimum atomic E-state index is -1.75. The van der Waals surface area contributed by atoms with Gasteiger partial charge in [0.2, 0.25) is 11.8 Å². The van der Waals surface area contributed by atoms with Crippen molar-refractivity contribution < 1.29 is 35.0 Å². The second kappa shape index (κ2) is 12.1. The summed E-state index contributed by atoms with van der Waals surface area (Å²) in [7, 11) is -1.75. The molecule has 2 amide bonds. The molecule has 4 atom stereocenters. The van der Waals surface area contributed by atoms with Gasteiger partial charge in [-0.15, -0.1) is 0 Å². The van der Waals surface area contributed by atoms with Gasteiger partial charge in [-0.2, -0.15) is 0 Å². The number of aromatic hydroxyl groups is 1. The summed E-state index contributed by atoms with van der Waals surface area (Å²) >= 11 is 6.25. The lowest BCUT2D eigenvalue weighted by Crippen LogP contribution is -2.39. The zero-order chi connectivity index (χ0) is 28.4. The molecule has 0 bridgehead atoms. The Morgan fingerprint density at radius 3 is 2.56 bits per heavy atom. The molecule has 0 aromatic heterocycles. The second-order valence-electron chi connectivity index (χ2n) is 10.3. The summed E-state index contributed by atoms with van der Waals surface area (Å²) in [5, 5.41) is 50.8. The molecule has 0 unspecified atom stereocenters. The van der Waals surface area contributed by atoms with E-state index in [1.54, 1.807) is 24.3 Å². The van der Waals surface area contributed by atoms with Gasteiger partial charge in [-0.25, -0.2) is 0 Å². The summed E-state index contributed by atoms with van der Waals surface area (Å²) in [6.07, 6.45) is 2.94. The Bertz CT molecular complexity index is 1320. The molecule has 0 saturated carbocycles. The number of carbonyl (C=O) groups is 2. The summed E-state index contributed by atoms with van der Waals surface area (Å²) in [6, 6.07) is 10.7. The van der Waals surface area contributed by atoms with Crippen molar-refractivity contribution in [1.29, 1.82) is 0 Å². The molecule has 206 valence electrons. The number of benzene rings is 2. The summed E-state index contributed by atoms with van der Waals surface area (Å²) in [5.41, 5.74) is 3.58. The maximum atomic E-state index is 13.6. The van der Waals surface area contributed by atoms with E-state index in [0.29, 0.717) is 23.4 Å². The number of fused-ring (bicyclic) bond motifs is 1. The van der Waals surface area contributed by atoms with Gasteiger partial charge < -0.3 is 25.4 Å². The Kier molecular flexibility index (Phi) is 8.98. The molecule has 39 heavy (non-hydrogen) atoms. The average Bonchev–Trinajstić information content (AvgIpc) is 3.15. The number of aliphatic hydroxyl groups excluding tert-OH is 2. The molecule has 10 heteroatoms. The molecular weight excluding hydrogens is 521 g/mol. The van der Waals surface area contributed by atoms with Crippen molar-refractivity contribution in [3.63, 3.8) is 0 Å². The van der Waals surface area contributed by atoms with Gasteiger partial charge >= 0.3 is 7.12 Å². The Labute approximate surface area is 233 Å². The van der Waals surface area contributed by atoms with Crippen molar-refractivity contribution in [3.8, 4) is 5.75 Å². The lowest BCUT2D eigenvalue weighted by atomic mass is 9.68. The molecule has 2 aliphatic rings. The summed E-state index contributed by atoms with van der Waals surface area (Å²) < 4.78 is 0. The van der Waals surface area contributed by atoms with Crippen LogP contribution in [0.5, 0.6) is 5.75 Å². The molecule has 0 spiro atoms. The topological polar surface area (TPSA) is 139 Å². The second-order valence-corrected chi connectivity index (χ2v) is 10.7. The van der Waals surface area contributed by atoms with Gasteiger partial charge in [-0.1, -0.05) is 47.9 Å². The first-order valence-electron chi connectivity index (χ1n) is 13.1. The zero-order valence-electron chi connectivity index (χ0n) is 21.9. The third kappa shape index (κ3) is 5.83. The number of phenols is 1. The Hall–Kier alpha value is -2.95. The fraction of sp³-hybridized carbons (Fsp3) is 0.379. The number of aliphatic hydroxyl groups is 2. The monoisotopic (exact) mass is 553 g/mol. The Morgan fingerprint density at radius 1 is 1.18 bits per heavy atom. The van der Waals surface area contributed by atoms with Crippen LogP contribution in [0.25, 0.3) is 6.08 Å². The van der Waals surface area contributed by atoms with E-state index in [1.165, 1.54) is 18.2 Å². The maximum Gasteiger partial charge on any atom is 0.488 e. The number of hydrogen-bond acceptors (Lipinski definition) is 7. The van der Waals surface area contributed by atoms with Crippen LogP contribution < -0.4 is 10.4 Å². The number of allylic oxidation sites excluding steroid dienone is 2. The van der Waals surface area contributed by atoms with Gasteiger partial charge in [0.25, 0.3) is 0 Å². The van der Waals surface area contributed by atoms with E-state index in [-0.39, 0.29) is 23.3 Å². The van der Waals surface area contributed by atoms with Crippen LogP contribution in [0.15, 0.2) is 59.2 Å². The van der Waals surface area contributed by atoms with Gasteiger partial charge in [0.1, 0.15) is 5.75 Å². The van der Waals surface area contributed by atoms with Crippen molar-refractivity contribution in [2.75, 3.05) is 11.5 Å². The standard InChI is InChI=1S/C29H33BClNO7/c1-3-17(12-18-8-9-21(34)14-24(18)31)7-10-25(35)26-16(2)11-22-27(23(26)15-33)29(37)32(28(22)36)20-6-4-5-19(13-20)30(38)39/h4-6,8-9,12-14,22-23,25,27,33-35,38-39H,3,7,10-11,15H2,1-2H3/b17-12+/t22-,23+,25-,27-/m1/s1. The number of amides is 2. The van der Waals surface area contributed by atoms with Crippen molar-refractivity contribution in [3.05, 3.63) is 69.8 Å². The van der Waals surface area contributed by atoms with Crippen LogP contribution in [0.3, 0.4) is 0 Å². The van der Waals surface area contributed by atoms with E-state index in [4.69, 9.17) is 11.6 Å². The van der Waals surface area contributed by atoms with Gasteiger partial charge in [0.05, 0.1) is 35.3 Å². The first-order chi connectivity index (χ1) is 18.6. The molecule has 1 fully saturated rings. The normalized spacial score (nSPS) is 22.4. The molecule has 1 saturated heterocycles. The number of halogens is 1. The quantitative estimate of drug-likeness (QED) is 0.183. The fourth-order valence-electron chi connectivity index (χ4n) is 5.88. The molecule has 1 aliphatic carbocycles. The molecule has 1 aliphatic heterocycles. The highest BCUT2D eigenvalue weighted by Gasteiger charge is 2.54. The van der Waals surface area contributed by atoms with E-state index < -0.39 is 49.4 Å². The first kappa shape index (κ1) is 29.0. The number of imide groups is 1. The van der Waals surface area contributed by atoms with Crippen molar-refractivity contribution >= 4 is 47.8 Å². The van der Waals surface area contributed by atoms with Crippen LogP contribution in [0.4, 0.5) is 5.69 Å². The summed E-state index contributed by atoms with van der Waals surface area (Å²) in [4.78, 5) is 28.0. The van der Waals surface area contributed by atoms with Crippen LogP contribution >= 0.6 is 11.6 Å². The lowest BCUT2D eigenvalue weighted by molar-refractivity contribution is -0.123. The molecule has 2 aromatic rings. The minimum Gasteiger partial charge on any atom is -0.508 e. The molecule has 1 heterocycles. The highest BCUT2D eigenvalue weighted by atomic mass is 35.5. The molecule has 2 aromatic carbocycles. The zero-order valence-corrected chi connectivity index (χ0v) is 22.7. The highest BCUT2D eigenvalue weighted by molar-refractivity contribution is 6.58. The maximum absolute atomic E-state index is 13.6. The Morgan fingerprint density at radius 2 is 1.92 bits per heavy atom. The predicted octanol–water partition coefficient (Wildman–Crippen LogP) is 2.79. The van der Waals surface area contributed by atoms with Crippen LogP contribution in [0.1, 0.15) is 45.1 Å². The van der Waals surface area contributed by atoms with E-state index in [9.17, 15) is 35.0 Å². The van der Waals surface area contributed by atoms with Crippen molar-refractivity contribution in [1.82, 2.24) is 0 Å². The minimum absolute atomic E-state index is 0.0795. The van der Waals surface area contributed by atoms with Crippen LogP contribution in [0, 0.1) is 17.8 Å². The number of hydrogen-bond donors (Lipinski definition) is 5. The smallest absolute Gasteiger partial charge is 0.488 e. The molecule has 5 N–H and O–H groups in total. The van der Waals surface area contributed by atoms with Gasteiger partial charge in [0.15, 0.2) is 0 Å². The fourth-order valence-corrected chi connectivity index (χ4v) is 6.11. The lowest BCUT2D eigenvalue weighted by Gasteiger charge is -2.35. The van der Waals surface area contributed by atoms with Crippen LogP contribution in [-0.2, 0) is 9.59 Å². The SMILES string of the molecule is CC/C(=C\c1ccc(O)cc1Cl)CC[C@@H](O)C1=C(C)C[C@H]2C(=O)N(c3cccc(B(O)O)c3)C(=O)[C@H]2[C@H]1CO. The molecule has 4 rings (SSSR count). The summed E-state index contributed by atoms with van der Waals surface area (Å²) in [5.74, 6) is -3.00. The average molecular weight is 554 g/mol.